The van der Waals surface area contributed by atoms with E-state index in [1.165, 1.54) is 23.3 Å². The van der Waals surface area contributed by atoms with E-state index in [0.717, 1.165) is 62.2 Å². The lowest BCUT2D eigenvalue weighted by Crippen LogP contribution is -2.57. The molecular weight excluding hydrogens is 505 g/mol. The second kappa shape index (κ2) is 11.4. The number of rotatable bonds is 7. The molecule has 2 atom stereocenters. The minimum absolute atomic E-state index is 0.202. The van der Waals surface area contributed by atoms with Gasteiger partial charge in [0.15, 0.2) is 0 Å². The Labute approximate surface area is 227 Å². The summed E-state index contributed by atoms with van der Waals surface area (Å²) in [6.07, 6.45) is 3.33. The molecule has 2 saturated heterocycles. The monoisotopic (exact) mass is 540 g/mol. The lowest BCUT2D eigenvalue weighted by atomic mass is 9.86. The van der Waals surface area contributed by atoms with Crippen molar-refractivity contribution in [3.05, 3.63) is 82.7 Å². The molecule has 39 heavy (non-hydrogen) atoms. The van der Waals surface area contributed by atoms with E-state index in [2.05, 4.69) is 36.0 Å². The van der Waals surface area contributed by atoms with Gasteiger partial charge in [-0.1, -0.05) is 6.07 Å². The number of piperazine rings is 1. The third kappa shape index (κ3) is 5.98. The molecule has 2 fully saturated rings. The van der Waals surface area contributed by atoms with E-state index in [0.29, 0.717) is 25.3 Å². The van der Waals surface area contributed by atoms with E-state index in [1.54, 1.807) is 11.1 Å². The van der Waals surface area contributed by atoms with Crippen molar-refractivity contribution in [2.75, 3.05) is 26.2 Å². The Morgan fingerprint density at radius 3 is 2.56 bits per heavy atom. The molecule has 1 amide bonds. The predicted octanol–water partition coefficient (Wildman–Crippen LogP) is 6.04. The van der Waals surface area contributed by atoms with Crippen LogP contribution in [0.3, 0.4) is 0 Å². The largest absolute Gasteiger partial charge is 0.493 e. The quantitative estimate of drug-likeness (QED) is 0.343. The Balaban J connectivity index is 1.22. The van der Waals surface area contributed by atoms with Crippen molar-refractivity contribution >= 4 is 5.91 Å². The van der Waals surface area contributed by atoms with Crippen LogP contribution in [0, 0.1) is 13.8 Å². The Bertz CT molecular complexity index is 1270. The van der Waals surface area contributed by atoms with Gasteiger partial charge in [0.25, 0.3) is 5.91 Å². The van der Waals surface area contributed by atoms with Crippen LogP contribution in [0.25, 0.3) is 0 Å². The van der Waals surface area contributed by atoms with Crippen molar-refractivity contribution in [3.63, 3.8) is 0 Å². The van der Waals surface area contributed by atoms with Crippen LogP contribution in [0.15, 0.2) is 54.9 Å². The van der Waals surface area contributed by atoms with Crippen LogP contribution < -0.4 is 4.74 Å². The van der Waals surface area contributed by atoms with Crippen molar-refractivity contribution in [1.29, 1.82) is 0 Å². The third-order valence-electron chi connectivity index (χ3n) is 8.18. The zero-order valence-corrected chi connectivity index (χ0v) is 22.5. The SMILES string of the molecule is Cc1c(OCCCn2cccn2)ccc(C2CCCC3CN(C(=O)c4ccc(C(F)(F)F)cc4)CCN32)c1C. The van der Waals surface area contributed by atoms with Gasteiger partial charge in [0.2, 0.25) is 0 Å². The second-order valence-corrected chi connectivity index (χ2v) is 10.5. The molecule has 3 aromatic rings. The first-order valence-corrected chi connectivity index (χ1v) is 13.6. The second-order valence-electron chi connectivity index (χ2n) is 10.5. The summed E-state index contributed by atoms with van der Waals surface area (Å²) in [6, 6.07) is 11.2. The van der Waals surface area contributed by atoms with Gasteiger partial charge in [-0.2, -0.15) is 18.3 Å². The fraction of sp³-hybridized carbons (Fsp3) is 0.467. The zero-order chi connectivity index (χ0) is 27.6. The molecule has 5 rings (SSSR count). The minimum Gasteiger partial charge on any atom is -0.493 e. The summed E-state index contributed by atoms with van der Waals surface area (Å²) in [5.74, 6) is 0.711. The van der Waals surface area contributed by atoms with Gasteiger partial charge < -0.3 is 9.64 Å². The number of piperidine rings is 1. The topological polar surface area (TPSA) is 50.6 Å². The molecule has 2 aliphatic heterocycles. The smallest absolute Gasteiger partial charge is 0.416 e. The molecule has 0 saturated carbocycles. The molecule has 2 aromatic carbocycles. The summed E-state index contributed by atoms with van der Waals surface area (Å²) in [5, 5.41) is 4.23. The molecule has 0 radical (unpaired) electrons. The van der Waals surface area contributed by atoms with E-state index < -0.39 is 11.7 Å². The van der Waals surface area contributed by atoms with Gasteiger partial charge in [0.1, 0.15) is 5.75 Å². The van der Waals surface area contributed by atoms with Crippen LogP contribution in [0.1, 0.15) is 64.3 Å². The fourth-order valence-electron chi connectivity index (χ4n) is 5.93. The Morgan fingerprint density at radius 1 is 1.05 bits per heavy atom. The van der Waals surface area contributed by atoms with Crippen LogP contribution in [-0.2, 0) is 12.7 Å². The number of amides is 1. The highest BCUT2D eigenvalue weighted by Gasteiger charge is 2.38. The molecular formula is C30H35F3N4O2. The minimum atomic E-state index is -4.41. The van der Waals surface area contributed by atoms with Gasteiger partial charge in [-0.15, -0.1) is 0 Å². The van der Waals surface area contributed by atoms with E-state index in [9.17, 15) is 18.0 Å². The predicted molar refractivity (Wildman–Crippen MR) is 143 cm³/mol. The van der Waals surface area contributed by atoms with Crippen molar-refractivity contribution in [2.45, 2.75) is 64.3 Å². The lowest BCUT2D eigenvalue weighted by Gasteiger charge is -2.49. The first-order valence-electron chi connectivity index (χ1n) is 13.6. The maximum Gasteiger partial charge on any atom is 0.416 e. The summed E-state index contributed by atoms with van der Waals surface area (Å²) in [7, 11) is 0. The summed E-state index contributed by atoms with van der Waals surface area (Å²) in [5.41, 5.74) is 3.27. The van der Waals surface area contributed by atoms with Crippen molar-refractivity contribution in [1.82, 2.24) is 19.6 Å². The standard InChI is InChI=1S/C30H35F3N4O2/c1-21-22(2)28(39-19-5-16-36-15-4-14-34-36)13-12-26(21)27-7-3-6-25-20-35(17-18-37(25)27)29(38)23-8-10-24(11-9-23)30(31,32)33/h4,8-15,25,27H,3,5-7,16-20H2,1-2H3. The molecule has 0 N–H and O–H groups in total. The lowest BCUT2D eigenvalue weighted by molar-refractivity contribution is -0.137. The molecule has 2 unspecified atom stereocenters. The van der Waals surface area contributed by atoms with Crippen molar-refractivity contribution < 1.29 is 22.7 Å². The third-order valence-corrected chi connectivity index (χ3v) is 8.18. The first-order chi connectivity index (χ1) is 18.7. The molecule has 208 valence electrons. The number of aryl methyl sites for hydroxylation is 1. The summed E-state index contributed by atoms with van der Waals surface area (Å²) >= 11 is 0. The average molecular weight is 541 g/mol. The number of benzene rings is 2. The van der Waals surface area contributed by atoms with Gasteiger partial charge in [-0.05, 0) is 86.2 Å². The number of ether oxygens (including phenoxy) is 1. The van der Waals surface area contributed by atoms with Crippen LogP contribution in [0.5, 0.6) is 5.75 Å². The Kier molecular flexibility index (Phi) is 7.98. The fourth-order valence-corrected chi connectivity index (χ4v) is 5.93. The number of carbonyl (C=O) groups excluding carboxylic acids is 1. The van der Waals surface area contributed by atoms with E-state index in [-0.39, 0.29) is 18.0 Å². The maximum absolute atomic E-state index is 13.1. The Hall–Kier alpha value is -3.33. The van der Waals surface area contributed by atoms with Crippen molar-refractivity contribution in [2.24, 2.45) is 0 Å². The number of fused-ring (bicyclic) bond motifs is 1. The maximum atomic E-state index is 13.1. The summed E-state index contributed by atoms with van der Waals surface area (Å²) in [6.45, 7) is 7.61. The normalized spacial score (nSPS) is 20.1. The number of alkyl halides is 3. The van der Waals surface area contributed by atoms with Crippen molar-refractivity contribution in [3.8, 4) is 5.75 Å². The van der Waals surface area contributed by atoms with E-state index in [1.807, 2.05) is 16.9 Å². The molecule has 2 aliphatic rings. The van der Waals surface area contributed by atoms with Gasteiger partial charge in [0.05, 0.1) is 12.2 Å². The number of hydrogen-bond donors (Lipinski definition) is 0. The highest BCUT2D eigenvalue weighted by atomic mass is 19.4. The first kappa shape index (κ1) is 27.2. The van der Waals surface area contributed by atoms with Gasteiger partial charge >= 0.3 is 6.18 Å². The summed E-state index contributed by atoms with van der Waals surface area (Å²) < 4.78 is 46.8. The zero-order valence-electron chi connectivity index (χ0n) is 22.5. The van der Waals surface area contributed by atoms with E-state index in [4.69, 9.17) is 4.74 Å². The number of nitrogens with zero attached hydrogens (tertiary/aromatic N) is 4. The highest BCUT2D eigenvalue weighted by Crippen LogP contribution is 2.40. The molecule has 1 aromatic heterocycles. The highest BCUT2D eigenvalue weighted by molar-refractivity contribution is 5.94. The molecule has 3 heterocycles. The molecule has 6 nitrogen and oxygen atoms in total. The number of carbonyl (C=O) groups is 1. The number of hydrogen-bond acceptors (Lipinski definition) is 4. The number of halogens is 3. The molecule has 0 bridgehead atoms. The van der Waals surface area contributed by atoms with Crippen LogP contribution in [0.4, 0.5) is 13.2 Å². The molecule has 0 spiro atoms. The van der Waals surface area contributed by atoms with Crippen LogP contribution in [0.2, 0.25) is 0 Å². The van der Waals surface area contributed by atoms with Gasteiger partial charge in [-0.3, -0.25) is 14.4 Å². The number of aromatic nitrogens is 2. The van der Waals surface area contributed by atoms with Gasteiger partial charge in [-0.25, -0.2) is 0 Å². The average Bonchev–Trinajstić information content (AvgIpc) is 3.46. The Morgan fingerprint density at radius 2 is 1.85 bits per heavy atom. The van der Waals surface area contributed by atoms with Crippen LogP contribution >= 0.6 is 0 Å². The van der Waals surface area contributed by atoms with Gasteiger partial charge in [0, 0.05) is 62.6 Å². The molecule has 9 heteroatoms. The van der Waals surface area contributed by atoms with E-state index >= 15 is 0 Å². The summed E-state index contributed by atoms with van der Waals surface area (Å²) in [4.78, 5) is 17.4. The molecule has 0 aliphatic carbocycles. The van der Waals surface area contributed by atoms with Crippen LogP contribution in [-0.4, -0.2) is 57.8 Å².